The number of benzene rings is 3. The van der Waals surface area contributed by atoms with Crippen molar-refractivity contribution >= 4 is 50.4 Å². The smallest absolute Gasteiger partial charge is 0.310 e. The lowest BCUT2D eigenvalue weighted by Crippen LogP contribution is -2.21. The van der Waals surface area contributed by atoms with Gasteiger partial charge in [-0.25, -0.2) is 0 Å². The molecule has 1 unspecified atom stereocenters. The van der Waals surface area contributed by atoms with Gasteiger partial charge in [-0.3, -0.25) is 14.1 Å². The maximum absolute atomic E-state index is 12.7. The standard InChI is InChI=1S/C33H36N6O7S/c1-3-22-19-28(34)31(46-16-5-17-47(43,44)45)20-30(22)39-37-27-14-15-29(21(2)18-27)38-36-26-12-8-23(9-13-26)32(40)35-25-7-4-6-24(10-11-25)33(41)42/h7-15,18-20,24H,3-6,16-17,34H2,1-2H3,(H,35,40)(H,41,42)(H,43,44,45). The Kier molecular flexibility index (Phi) is 11.7. The Labute approximate surface area is 272 Å². The quantitative estimate of drug-likeness (QED) is 0.0632. The first-order valence-corrected chi connectivity index (χ1v) is 16.5. The largest absolute Gasteiger partial charge is 0.491 e. The van der Waals surface area contributed by atoms with Crippen LogP contribution < -0.4 is 15.8 Å². The van der Waals surface area contributed by atoms with Crippen molar-refractivity contribution in [2.24, 2.45) is 26.4 Å². The lowest BCUT2D eigenvalue weighted by molar-refractivity contribution is -0.140. The molecule has 0 spiro atoms. The molecule has 0 saturated carbocycles. The number of carbonyl (C=O) groups excluding carboxylic acids is 1. The van der Waals surface area contributed by atoms with Crippen molar-refractivity contribution in [1.82, 2.24) is 5.32 Å². The molecular formula is C33H36N6O7S. The number of amides is 1. The second kappa shape index (κ2) is 15.9. The van der Waals surface area contributed by atoms with E-state index in [4.69, 9.17) is 15.0 Å². The molecule has 246 valence electrons. The third-order valence-electron chi connectivity index (χ3n) is 7.18. The minimum atomic E-state index is -4.07. The Morgan fingerprint density at radius 3 is 2.38 bits per heavy atom. The number of rotatable bonds is 13. The van der Waals surface area contributed by atoms with Crippen LogP contribution in [0.4, 0.5) is 28.4 Å². The number of nitrogens with zero attached hydrogens (tertiary/aromatic N) is 4. The predicted molar refractivity (Wildman–Crippen MR) is 178 cm³/mol. The molecule has 0 heterocycles. The Bertz CT molecular complexity index is 1850. The number of carbonyl (C=O) groups is 2. The number of nitrogens with two attached hydrogens (primary N) is 1. The summed E-state index contributed by atoms with van der Waals surface area (Å²) in [6.45, 7) is 3.88. The summed E-state index contributed by atoms with van der Waals surface area (Å²) in [6, 6.07) is 15.4. The topological polar surface area (TPSA) is 205 Å². The molecule has 0 radical (unpaired) electrons. The zero-order valence-corrected chi connectivity index (χ0v) is 26.8. The van der Waals surface area contributed by atoms with Gasteiger partial charge in [-0.1, -0.05) is 19.1 Å². The number of hydrogen-bond acceptors (Lipinski definition) is 10. The summed E-state index contributed by atoms with van der Waals surface area (Å²) < 4.78 is 36.4. The summed E-state index contributed by atoms with van der Waals surface area (Å²) in [5.41, 5.74) is 11.5. The highest BCUT2D eigenvalue weighted by Crippen LogP contribution is 2.34. The molecule has 0 fully saturated rings. The third-order valence-corrected chi connectivity index (χ3v) is 7.98. The van der Waals surface area contributed by atoms with Gasteiger partial charge in [0, 0.05) is 17.3 Å². The van der Waals surface area contributed by atoms with Gasteiger partial charge in [0.05, 0.1) is 46.7 Å². The first-order valence-electron chi connectivity index (χ1n) is 14.9. The maximum atomic E-state index is 12.7. The molecule has 1 atom stereocenters. The Hall–Kier alpha value is -5.21. The van der Waals surface area contributed by atoms with Crippen LogP contribution in [0.15, 0.2) is 99.0 Å². The average Bonchev–Trinajstić information content (AvgIpc) is 3.28. The Morgan fingerprint density at radius 1 is 1.00 bits per heavy atom. The monoisotopic (exact) mass is 660 g/mol. The van der Waals surface area contributed by atoms with Crippen molar-refractivity contribution in [3.8, 4) is 5.75 Å². The highest BCUT2D eigenvalue weighted by Gasteiger charge is 2.16. The van der Waals surface area contributed by atoms with Crippen molar-refractivity contribution in [3.63, 3.8) is 0 Å². The molecule has 5 N–H and O–H groups in total. The van der Waals surface area contributed by atoms with Crippen LogP contribution in [0.5, 0.6) is 5.75 Å². The lowest BCUT2D eigenvalue weighted by atomic mass is 10.1. The summed E-state index contributed by atoms with van der Waals surface area (Å²) in [6.07, 6.45) is 6.79. The fourth-order valence-electron chi connectivity index (χ4n) is 4.58. The third kappa shape index (κ3) is 10.4. The fourth-order valence-corrected chi connectivity index (χ4v) is 5.06. The van der Waals surface area contributed by atoms with E-state index in [1.54, 1.807) is 60.7 Å². The number of anilines is 1. The van der Waals surface area contributed by atoms with Gasteiger partial charge < -0.3 is 20.9 Å². The average molecular weight is 661 g/mol. The zero-order chi connectivity index (χ0) is 34.0. The van der Waals surface area contributed by atoms with Gasteiger partial charge in [-0.05, 0) is 98.3 Å². The number of nitrogens with one attached hydrogen (secondary N) is 1. The summed E-state index contributed by atoms with van der Waals surface area (Å²) in [5.74, 6) is -1.85. The SMILES string of the molecule is CCc1cc(N)c(OCCCS(=O)(=O)O)cc1N=Nc1ccc(N=Nc2ccc(C(=O)NC3=CCCC(C(=O)O)C=C3)cc2)c(C)c1. The summed E-state index contributed by atoms with van der Waals surface area (Å²) in [4.78, 5) is 23.9. The molecule has 0 saturated heterocycles. The number of aryl methyl sites for hydroxylation is 2. The van der Waals surface area contributed by atoms with E-state index in [1.165, 1.54) is 0 Å². The van der Waals surface area contributed by atoms with Gasteiger partial charge in [-0.2, -0.15) is 28.9 Å². The molecule has 47 heavy (non-hydrogen) atoms. The van der Waals surface area contributed by atoms with Crippen LogP contribution in [-0.4, -0.2) is 42.3 Å². The molecular weight excluding hydrogens is 624 g/mol. The second-order valence-corrected chi connectivity index (χ2v) is 12.3. The first kappa shape index (κ1) is 34.7. The number of ether oxygens (including phenoxy) is 1. The van der Waals surface area contributed by atoms with Gasteiger partial charge in [0.1, 0.15) is 5.75 Å². The van der Waals surface area contributed by atoms with E-state index >= 15 is 0 Å². The zero-order valence-electron chi connectivity index (χ0n) is 26.0. The second-order valence-electron chi connectivity index (χ2n) is 10.8. The number of nitrogen functional groups attached to an aromatic ring is 1. The van der Waals surface area contributed by atoms with E-state index in [0.29, 0.717) is 64.7 Å². The molecule has 4 rings (SSSR count). The van der Waals surface area contributed by atoms with Crippen LogP contribution in [0.25, 0.3) is 0 Å². The van der Waals surface area contributed by atoms with E-state index in [-0.39, 0.29) is 18.9 Å². The van der Waals surface area contributed by atoms with Gasteiger partial charge in [0.25, 0.3) is 16.0 Å². The highest BCUT2D eigenvalue weighted by molar-refractivity contribution is 7.85. The van der Waals surface area contributed by atoms with E-state index in [0.717, 1.165) is 11.1 Å². The van der Waals surface area contributed by atoms with Crippen LogP contribution in [0, 0.1) is 12.8 Å². The van der Waals surface area contributed by atoms with Crippen LogP contribution in [-0.2, 0) is 21.3 Å². The van der Waals surface area contributed by atoms with E-state index in [9.17, 15) is 23.1 Å². The van der Waals surface area contributed by atoms with Gasteiger partial charge in [-0.15, -0.1) is 0 Å². The van der Waals surface area contributed by atoms with Gasteiger partial charge in [0.2, 0.25) is 0 Å². The minimum Gasteiger partial charge on any atom is -0.491 e. The van der Waals surface area contributed by atoms with Crippen molar-refractivity contribution < 1.29 is 32.4 Å². The molecule has 13 nitrogen and oxygen atoms in total. The van der Waals surface area contributed by atoms with E-state index in [2.05, 4.69) is 25.8 Å². The summed E-state index contributed by atoms with van der Waals surface area (Å²) in [7, 11) is -4.07. The number of azo groups is 2. The maximum Gasteiger partial charge on any atom is 0.310 e. The molecule has 1 aliphatic rings. The Balaban J connectivity index is 1.38. The van der Waals surface area contributed by atoms with Crippen LogP contribution in [0.1, 0.15) is 47.7 Å². The normalized spacial score (nSPS) is 15.0. The minimum absolute atomic E-state index is 0.0505. The molecule has 14 heteroatoms. The van der Waals surface area contributed by atoms with E-state index in [1.807, 2.05) is 26.0 Å². The van der Waals surface area contributed by atoms with Crippen molar-refractivity contribution in [2.45, 2.75) is 39.5 Å². The predicted octanol–water partition coefficient (Wildman–Crippen LogP) is 7.29. The lowest BCUT2D eigenvalue weighted by Gasteiger charge is -2.12. The molecule has 3 aromatic rings. The van der Waals surface area contributed by atoms with Crippen molar-refractivity contribution in [1.29, 1.82) is 0 Å². The van der Waals surface area contributed by atoms with Crippen molar-refractivity contribution in [2.75, 3.05) is 18.1 Å². The van der Waals surface area contributed by atoms with E-state index < -0.39 is 27.8 Å². The molecule has 0 aromatic heterocycles. The number of allylic oxidation sites excluding steroid dienone is 2. The number of aliphatic carboxylic acids is 1. The summed E-state index contributed by atoms with van der Waals surface area (Å²) in [5, 5.41) is 29.4. The van der Waals surface area contributed by atoms with Gasteiger partial charge >= 0.3 is 5.97 Å². The highest BCUT2D eigenvalue weighted by atomic mass is 32.2. The number of hydrogen-bond donors (Lipinski definition) is 4. The molecule has 0 aliphatic heterocycles. The Morgan fingerprint density at radius 2 is 1.70 bits per heavy atom. The molecule has 3 aromatic carbocycles. The fraction of sp³-hybridized carbons (Fsp3) is 0.273. The molecule has 0 bridgehead atoms. The van der Waals surface area contributed by atoms with Crippen LogP contribution in [0.3, 0.4) is 0 Å². The van der Waals surface area contributed by atoms with Crippen LogP contribution in [0.2, 0.25) is 0 Å². The first-order chi connectivity index (χ1) is 22.4. The van der Waals surface area contributed by atoms with Crippen LogP contribution >= 0.6 is 0 Å². The van der Waals surface area contributed by atoms with Crippen molar-refractivity contribution in [3.05, 3.63) is 95.2 Å². The molecule has 1 amide bonds. The number of carboxylic acid groups (broad SMARTS) is 1. The number of carboxylic acids is 1. The summed E-state index contributed by atoms with van der Waals surface area (Å²) >= 11 is 0. The van der Waals surface area contributed by atoms with Gasteiger partial charge in [0.15, 0.2) is 0 Å². The molecule has 1 aliphatic carbocycles.